The summed E-state index contributed by atoms with van der Waals surface area (Å²) in [6.45, 7) is 4.91. The third kappa shape index (κ3) is 4.63. The van der Waals surface area contributed by atoms with Crippen LogP contribution in [-0.4, -0.2) is 21.3 Å². The number of aliphatic hydroxyl groups is 1. The normalized spacial score (nSPS) is 14.9. The van der Waals surface area contributed by atoms with Crippen LogP contribution in [0, 0.1) is 0 Å². The van der Waals surface area contributed by atoms with E-state index in [4.69, 9.17) is 4.52 Å². The predicted molar refractivity (Wildman–Crippen MR) is 115 cm³/mol. The number of hydrogen-bond donors (Lipinski definition) is 2. The first kappa shape index (κ1) is 19.6. The van der Waals surface area contributed by atoms with E-state index in [9.17, 15) is 5.11 Å². The van der Waals surface area contributed by atoms with Crippen molar-refractivity contribution in [3.63, 3.8) is 0 Å². The summed E-state index contributed by atoms with van der Waals surface area (Å²) in [5.41, 5.74) is 2.05. The smallest absolute Gasteiger partial charge is 0.166 e. The number of fused-ring (bicyclic) bond motifs is 2. The Morgan fingerprint density at radius 3 is 2.86 bits per heavy atom. The standard InChI is InChI=1S/C24H27N3O2/c1-17(26-14-18-5-6-20-15-25-11-9-19(20)12-18)4-3-10-24(2,28)22-7-8-23-21(13-22)16-27-29-23/h5-9,11-13,15-17,26,28H,3-4,10,14H2,1-2H3/t17-,24?/m1/s1. The van der Waals surface area contributed by atoms with E-state index in [0.29, 0.717) is 12.5 Å². The summed E-state index contributed by atoms with van der Waals surface area (Å²) in [6, 6.07) is 14.6. The molecule has 0 amide bonds. The van der Waals surface area contributed by atoms with Crippen LogP contribution >= 0.6 is 0 Å². The lowest BCUT2D eigenvalue weighted by molar-refractivity contribution is 0.0445. The molecule has 0 saturated carbocycles. The second kappa shape index (κ2) is 8.31. The maximum Gasteiger partial charge on any atom is 0.166 e. The van der Waals surface area contributed by atoms with Crippen molar-refractivity contribution in [2.45, 2.75) is 51.3 Å². The first-order valence-corrected chi connectivity index (χ1v) is 10.1. The molecule has 2 aromatic heterocycles. The molecule has 1 unspecified atom stereocenters. The molecule has 0 spiro atoms. The molecule has 2 aromatic carbocycles. The quantitative estimate of drug-likeness (QED) is 0.447. The van der Waals surface area contributed by atoms with Crippen molar-refractivity contribution in [1.29, 1.82) is 0 Å². The van der Waals surface area contributed by atoms with Crippen LogP contribution in [-0.2, 0) is 12.1 Å². The van der Waals surface area contributed by atoms with Crippen LogP contribution in [0.5, 0.6) is 0 Å². The molecule has 0 aliphatic carbocycles. The van der Waals surface area contributed by atoms with Gasteiger partial charge >= 0.3 is 0 Å². The van der Waals surface area contributed by atoms with E-state index in [1.807, 2.05) is 43.6 Å². The molecule has 0 saturated heterocycles. The summed E-state index contributed by atoms with van der Waals surface area (Å²) in [5, 5.41) is 21.6. The first-order chi connectivity index (χ1) is 14.0. The fourth-order valence-corrected chi connectivity index (χ4v) is 3.74. The van der Waals surface area contributed by atoms with Crippen LogP contribution in [0.1, 0.15) is 44.2 Å². The molecule has 2 heterocycles. The number of nitrogens with one attached hydrogen (secondary N) is 1. The Morgan fingerprint density at radius 2 is 1.97 bits per heavy atom. The molecule has 4 aromatic rings. The van der Waals surface area contributed by atoms with Gasteiger partial charge < -0.3 is 14.9 Å². The maximum atomic E-state index is 10.9. The second-order valence-electron chi connectivity index (χ2n) is 8.08. The van der Waals surface area contributed by atoms with Gasteiger partial charge in [-0.15, -0.1) is 0 Å². The molecule has 0 bridgehead atoms. The van der Waals surface area contributed by atoms with E-state index in [1.165, 1.54) is 10.9 Å². The van der Waals surface area contributed by atoms with Crippen molar-refractivity contribution in [3.05, 3.63) is 72.2 Å². The number of hydrogen-bond acceptors (Lipinski definition) is 5. The summed E-state index contributed by atoms with van der Waals surface area (Å²) >= 11 is 0. The van der Waals surface area contributed by atoms with Crippen molar-refractivity contribution >= 4 is 21.7 Å². The third-order valence-corrected chi connectivity index (χ3v) is 5.63. The Labute approximate surface area is 170 Å². The molecule has 2 N–H and O–H groups in total. The third-order valence-electron chi connectivity index (χ3n) is 5.63. The maximum absolute atomic E-state index is 10.9. The Hall–Kier alpha value is -2.76. The number of aromatic nitrogens is 2. The Bertz CT molecular complexity index is 1100. The highest BCUT2D eigenvalue weighted by molar-refractivity contribution is 5.82. The summed E-state index contributed by atoms with van der Waals surface area (Å²) < 4.78 is 5.14. The van der Waals surface area contributed by atoms with E-state index < -0.39 is 5.60 Å². The first-order valence-electron chi connectivity index (χ1n) is 10.1. The highest BCUT2D eigenvalue weighted by atomic mass is 16.5. The van der Waals surface area contributed by atoms with Crippen LogP contribution in [0.3, 0.4) is 0 Å². The Balaban J connectivity index is 1.27. The predicted octanol–water partition coefficient (Wildman–Crippen LogP) is 4.93. The van der Waals surface area contributed by atoms with Gasteiger partial charge in [0.1, 0.15) is 0 Å². The van der Waals surface area contributed by atoms with E-state index in [2.05, 4.69) is 40.6 Å². The zero-order valence-corrected chi connectivity index (χ0v) is 16.9. The number of pyridine rings is 1. The van der Waals surface area contributed by atoms with Crippen molar-refractivity contribution in [2.24, 2.45) is 0 Å². The fraction of sp³-hybridized carbons (Fsp3) is 0.333. The monoisotopic (exact) mass is 389 g/mol. The molecule has 29 heavy (non-hydrogen) atoms. The molecule has 4 rings (SSSR count). The average molecular weight is 389 g/mol. The number of nitrogens with zero attached hydrogens (tertiary/aromatic N) is 2. The van der Waals surface area contributed by atoms with E-state index in [-0.39, 0.29) is 0 Å². The molecular weight excluding hydrogens is 362 g/mol. The molecule has 0 radical (unpaired) electrons. The van der Waals surface area contributed by atoms with Gasteiger partial charge in [0.05, 0.1) is 11.8 Å². The van der Waals surface area contributed by atoms with Crippen molar-refractivity contribution in [2.75, 3.05) is 0 Å². The van der Waals surface area contributed by atoms with Gasteiger partial charge in [-0.3, -0.25) is 4.98 Å². The SMILES string of the molecule is C[C@H](CCCC(C)(O)c1ccc2oncc2c1)NCc1ccc2cnccc2c1. The fourth-order valence-electron chi connectivity index (χ4n) is 3.74. The minimum absolute atomic E-state index is 0.375. The molecule has 0 fully saturated rings. The van der Waals surface area contributed by atoms with E-state index in [1.54, 1.807) is 6.20 Å². The highest BCUT2D eigenvalue weighted by Crippen LogP contribution is 2.29. The van der Waals surface area contributed by atoms with Crippen molar-refractivity contribution in [1.82, 2.24) is 15.5 Å². The average Bonchev–Trinajstić information content (AvgIpc) is 3.20. The zero-order valence-electron chi connectivity index (χ0n) is 16.9. The Morgan fingerprint density at radius 1 is 1.07 bits per heavy atom. The van der Waals surface area contributed by atoms with Crippen LogP contribution in [0.4, 0.5) is 0 Å². The Kier molecular flexibility index (Phi) is 5.60. The molecule has 0 aliphatic heterocycles. The molecular formula is C24H27N3O2. The van der Waals surface area contributed by atoms with Gasteiger partial charge in [-0.1, -0.05) is 23.4 Å². The molecule has 5 nitrogen and oxygen atoms in total. The lowest BCUT2D eigenvalue weighted by Gasteiger charge is -2.25. The molecule has 2 atom stereocenters. The highest BCUT2D eigenvalue weighted by Gasteiger charge is 2.23. The summed E-state index contributed by atoms with van der Waals surface area (Å²) in [7, 11) is 0. The summed E-state index contributed by atoms with van der Waals surface area (Å²) in [5.74, 6) is 0. The summed E-state index contributed by atoms with van der Waals surface area (Å²) in [6.07, 6.45) is 8.05. The van der Waals surface area contributed by atoms with Crippen molar-refractivity contribution in [3.8, 4) is 0 Å². The summed E-state index contributed by atoms with van der Waals surface area (Å²) in [4.78, 5) is 4.16. The lowest BCUT2D eigenvalue weighted by atomic mass is 9.89. The topological polar surface area (TPSA) is 71.2 Å². The number of benzene rings is 2. The van der Waals surface area contributed by atoms with Gasteiger partial charge in [-0.2, -0.15) is 0 Å². The van der Waals surface area contributed by atoms with Gasteiger partial charge in [-0.25, -0.2) is 0 Å². The van der Waals surface area contributed by atoms with Crippen LogP contribution < -0.4 is 5.32 Å². The minimum Gasteiger partial charge on any atom is -0.385 e. The largest absolute Gasteiger partial charge is 0.385 e. The van der Waals surface area contributed by atoms with Gasteiger partial charge in [0, 0.05) is 35.8 Å². The molecule has 150 valence electrons. The zero-order chi connectivity index (χ0) is 20.3. The second-order valence-corrected chi connectivity index (χ2v) is 8.08. The molecule has 5 heteroatoms. The van der Waals surface area contributed by atoms with Crippen LogP contribution in [0.25, 0.3) is 21.7 Å². The van der Waals surface area contributed by atoms with Crippen LogP contribution in [0.15, 0.2) is 65.6 Å². The van der Waals surface area contributed by atoms with Gasteiger partial charge in [0.2, 0.25) is 0 Å². The number of rotatable bonds is 8. The van der Waals surface area contributed by atoms with Gasteiger partial charge in [0.25, 0.3) is 0 Å². The van der Waals surface area contributed by atoms with Crippen molar-refractivity contribution < 1.29 is 9.63 Å². The van der Waals surface area contributed by atoms with E-state index >= 15 is 0 Å². The lowest BCUT2D eigenvalue weighted by Crippen LogP contribution is -2.27. The molecule has 0 aliphatic rings. The van der Waals surface area contributed by atoms with Gasteiger partial charge in [-0.05, 0) is 73.9 Å². The van der Waals surface area contributed by atoms with Crippen LogP contribution in [0.2, 0.25) is 0 Å². The van der Waals surface area contributed by atoms with Gasteiger partial charge in [0.15, 0.2) is 5.58 Å². The van der Waals surface area contributed by atoms with E-state index in [0.717, 1.165) is 41.3 Å². The minimum atomic E-state index is -0.864.